The molecule has 1 aromatic rings. The zero-order valence-corrected chi connectivity index (χ0v) is 18.1. The lowest BCUT2D eigenvalue weighted by Gasteiger charge is -2.55. The van der Waals surface area contributed by atoms with Gasteiger partial charge in [0.1, 0.15) is 0 Å². The first kappa shape index (κ1) is 20.0. The van der Waals surface area contributed by atoms with Crippen molar-refractivity contribution in [3.8, 4) is 0 Å². The van der Waals surface area contributed by atoms with Crippen molar-refractivity contribution in [2.24, 2.45) is 23.2 Å². The number of piperidine rings is 1. The molecule has 5 heteroatoms. The molecule has 1 aromatic carbocycles. The van der Waals surface area contributed by atoms with Crippen LogP contribution in [0.4, 0.5) is 0 Å². The third-order valence-corrected chi connectivity index (χ3v) is 8.24. The zero-order valence-electron chi connectivity index (χ0n) is 18.1. The molecule has 0 unspecified atom stereocenters. The van der Waals surface area contributed by atoms with Gasteiger partial charge in [-0.25, -0.2) is 0 Å². The molecule has 5 fully saturated rings. The van der Waals surface area contributed by atoms with E-state index in [-0.39, 0.29) is 23.3 Å². The Morgan fingerprint density at radius 1 is 1.00 bits per heavy atom. The second-order valence-corrected chi connectivity index (χ2v) is 10.3. The highest BCUT2D eigenvalue weighted by Gasteiger charge is 2.54. The van der Waals surface area contributed by atoms with Gasteiger partial charge < -0.3 is 15.0 Å². The minimum atomic E-state index is -0.0982. The molecule has 1 heterocycles. The van der Waals surface area contributed by atoms with E-state index in [0.29, 0.717) is 6.54 Å². The Morgan fingerprint density at radius 3 is 2.10 bits per heavy atom. The van der Waals surface area contributed by atoms with E-state index >= 15 is 0 Å². The average molecular weight is 411 g/mol. The van der Waals surface area contributed by atoms with Gasteiger partial charge in [-0.3, -0.25) is 9.59 Å². The number of hydrogen-bond donors (Lipinski definition) is 1. The van der Waals surface area contributed by atoms with Crippen molar-refractivity contribution in [3.05, 3.63) is 35.4 Å². The minimum Gasteiger partial charge on any atom is -0.381 e. The third kappa shape index (κ3) is 3.77. The molecule has 30 heavy (non-hydrogen) atoms. The van der Waals surface area contributed by atoms with Gasteiger partial charge in [0.15, 0.2) is 0 Å². The molecule has 1 N–H and O–H groups in total. The maximum atomic E-state index is 13.1. The molecule has 162 valence electrons. The molecule has 1 aliphatic heterocycles. The summed E-state index contributed by atoms with van der Waals surface area (Å²) >= 11 is 0. The highest BCUT2D eigenvalue weighted by atomic mass is 16.5. The van der Waals surface area contributed by atoms with E-state index < -0.39 is 0 Å². The van der Waals surface area contributed by atoms with Gasteiger partial charge in [0.2, 0.25) is 5.91 Å². The van der Waals surface area contributed by atoms with Gasteiger partial charge in [0.05, 0.1) is 6.10 Å². The lowest BCUT2D eigenvalue weighted by Crippen LogP contribution is -2.53. The average Bonchev–Trinajstić information content (AvgIpc) is 2.76. The van der Waals surface area contributed by atoms with Crippen LogP contribution >= 0.6 is 0 Å². The quantitative estimate of drug-likeness (QED) is 0.804. The normalized spacial score (nSPS) is 33.0. The van der Waals surface area contributed by atoms with Gasteiger partial charge in [-0.2, -0.15) is 0 Å². The number of carbonyl (C=O) groups excluding carboxylic acids is 2. The molecule has 2 amide bonds. The van der Waals surface area contributed by atoms with Crippen molar-refractivity contribution in [1.29, 1.82) is 0 Å². The fraction of sp³-hybridized carbons (Fsp3) is 0.680. The van der Waals surface area contributed by atoms with E-state index in [0.717, 1.165) is 74.1 Å². The lowest BCUT2D eigenvalue weighted by molar-refractivity contribution is -0.146. The number of likely N-dealkylation sites (tertiary alicyclic amines) is 1. The van der Waals surface area contributed by atoms with E-state index in [1.807, 2.05) is 29.2 Å². The number of rotatable bonds is 5. The lowest BCUT2D eigenvalue weighted by atomic mass is 9.49. The van der Waals surface area contributed by atoms with Crippen molar-refractivity contribution >= 4 is 11.8 Å². The monoisotopic (exact) mass is 410 g/mol. The van der Waals surface area contributed by atoms with E-state index in [4.69, 9.17) is 4.74 Å². The highest BCUT2D eigenvalue weighted by molar-refractivity contribution is 5.94. The first-order valence-corrected chi connectivity index (χ1v) is 11.7. The van der Waals surface area contributed by atoms with Crippen molar-refractivity contribution in [1.82, 2.24) is 10.2 Å². The van der Waals surface area contributed by atoms with Crippen LogP contribution in [0.2, 0.25) is 0 Å². The standard InChI is InChI=1S/C25H34N2O3/c1-30-22-6-8-27(9-7-22)23(28)21-4-2-17(3-5-21)16-26-24(29)25-13-18-10-19(14-25)12-20(11-18)15-25/h2-5,18-20,22H,6-16H2,1H3,(H,26,29). The number of methoxy groups -OCH3 is 1. The number of nitrogens with one attached hydrogen (secondary N) is 1. The predicted octanol–water partition coefficient (Wildman–Crippen LogP) is 3.77. The molecular formula is C25H34N2O3. The van der Waals surface area contributed by atoms with Crippen molar-refractivity contribution in [2.75, 3.05) is 20.2 Å². The van der Waals surface area contributed by atoms with Crippen molar-refractivity contribution in [3.63, 3.8) is 0 Å². The molecule has 0 radical (unpaired) electrons. The van der Waals surface area contributed by atoms with Crippen LogP contribution in [0.15, 0.2) is 24.3 Å². The van der Waals surface area contributed by atoms with Crippen molar-refractivity contribution in [2.45, 2.75) is 64.0 Å². The first-order chi connectivity index (χ1) is 14.5. The highest BCUT2D eigenvalue weighted by Crippen LogP contribution is 2.60. The molecule has 4 bridgehead atoms. The number of benzene rings is 1. The Bertz CT molecular complexity index is 760. The predicted molar refractivity (Wildman–Crippen MR) is 115 cm³/mol. The maximum Gasteiger partial charge on any atom is 0.253 e. The fourth-order valence-electron chi connectivity index (χ4n) is 7.00. The van der Waals surface area contributed by atoms with Crippen molar-refractivity contribution < 1.29 is 14.3 Å². The first-order valence-electron chi connectivity index (χ1n) is 11.7. The molecular weight excluding hydrogens is 376 g/mol. The van der Waals surface area contributed by atoms with Crippen LogP contribution in [0.1, 0.15) is 67.3 Å². The number of ether oxygens (including phenoxy) is 1. The second kappa shape index (κ2) is 7.99. The Kier molecular flexibility index (Phi) is 5.34. The third-order valence-electron chi connectivity index (χ3n) is 8.24. The van der Waals surface area contributed by atoms with E-state index in [9.17, 15) is 9.59 Å². The Morgan fingerprint density at radius 2 is 1.57 bits per heavy atom. The largest absolute Gasteiger partial charge is 0.381 e. The van der Waals surface area contributed by atoms with Gasteiger partial charge in [0.25, 0.3) is 5.91 Å². The molecule has 5 nitrogen and oxygen atoms in total. The van der Waals surface area contributed by atoms with E-state index in [1.165, 1.54) is 19.3 Å². The van der Waals surface area contributed by atoms with Crippen LogP contribution in [0.3, 0.4) is 0 Å². The van der Waals surface area contributed by atoms with E-state index in [2.05, 4.69) is 5.32 Å². The summed E-state index contributed by atoms with van der Waals surface area (Å²) in [5.41, 5.74) is 1.68. The summed E-state index contributed by atoms with van der Waals surface area (Å²) in [7, 11) is 1.74. The summed E-state index contributed by atoms with van der Waals surface area (Å²) in [6, 6.07) is 7.76. The summed E-state index contributed by atoms with van der Waals surface area (Å²) in [5.74, 6) is 2.69. The smallest absolute Gasteiger partial charge is 0.253 e. The van der Waals surface area contributed by atoms with Crippen LogP contribution < -0.4 is 5.32 Å². The molecule has 0 spiro atoms. The Balaban J connectivity index is 1.16. The molecule has 1 saturated heterocycles. The number of amides is 2. The van der Waals surface area contributed by atoms with Crippen LogP contribution in [-0.4, -0.2) is 43.0 Å². The van der Waals surface area contributed by atoms with Crippen LogP contribution in [0, 0.1) is 23.2 Å². The molecule has 0 aromatic heterocycles. The molecule has 0 atom stereocenters. The number of hydrogen-bond acceptors (Lipinski definition) is 3. The van der Waals surface area contributed by atoms with Gasteiger partial charge in [-0.1, -0.05) is 12.1 Å². The SMILES string of the molecule is COC1CCN(C(=O)c2ccc(CNC(=O)C34CC5CC(CC(C5)C3)C4)cc2)CC1. The van der Waals surface area contributed by atoms with Crippen LogP contribution in [0.5, 0.6) is 0 Å². The molecule has 4 aliphatic carbocycles. The summed E-state index contributed by atoms with van der Waals surface area (Å²) in [6.07, 6.45) is 9.41. The Labute approximate surface area is 179 Å². The summed E-state index contributed by atoms with van der Waals surface area (Å²) in [6.45, 7) is 2.05. The zero-order chi connectivity index (χ0) is 20.7. The van der Waals surface area contributed by atoms with E-state index in [1.54, 1.807) is 7.11 Å². The van der Waals surface area contributed by atoms with Gasteiger partial charge in [-0.05, 0) is 86.8 Å². The molecule has 4 saturated carbocycles. The van der Waals surface area contributed by atoms with Gasteiger partial charge in [0, 0.05) is 37.7 Å². The summed E-state index contributed by atoms with van der Waals surface area (Å²) < 4.78 is 5.39. The van der Waals surface area contributed by atoms with Gasteiger partial charge >= 0.3 is 0 Å². The summed E-state index contributed by atoms with van der Waals surface area (Å²) in [4.78, 5) is 27.8. The summed E-state index contributed by atoms with van der Waals surface area (Å²) in [5, 5.41) is 3.23. The second-order valence-electron chi connectivity index (χ2n) is 10.3. The molecule has 5 aliphatic rings. The van der Waals surface area contributed by atoms with Gasteiger partial charge in [-0.15, -0.1) is 0 Å². The van der Waals surface area contributed by atoms with Crippen LogP contribution in [-0.2, 0) is 16.1 Å². The van der Waals surface area contributed by atoms with Crippen LogP contribution in [0.25, 0.3) is 0 Å². The topological polar surface area (TPSA) is 58.6 Å². The molecule has 6 rings (SSSR count). The number of nitrogens with zero attached hydrogens (tertiary/aromatic N) is 1. The fourth-order valence-corrected chi connectivity index (χ4v) is 7.00. The maximum absolute atomic E-state index is 13.1. The Hall–Kier alpha value is -1.88. The minimum absolute atomic E-state index is 0.0914. The number of carbonyl (C=O) groups is 2.